The van der Waals surface area contributed by atoms with Crippen molar-refractivity contribution in [3.63, 3.8) is 0 Å². The summed E-state index contributed by atoms with van der Waals surface area (Å²) < 4.78 is 0. The molecule has 0 aliphatic rings. The van der Waals surface area contributed by atoms with Gasteiger partial charge in [-0.2, -0.15) is 0 Å². The Morgan fingerprint density at radius 3 is 2.72 bits per heavy atom. The number of amidine groups is 1. The van der Waals surface area contributed by atoms with Crippen LogP contribution in [0.1, 0.15) is 16.8 Å². The first-order valence-electron chi connectivity index (χ1n) is 5.51. The third kappa shape index (κ3) is 2.87. The Morgan fingerprint density at radius 1 is 1.28 bits per heavy atom. The van der Waals surface area contributed by atoms with Gasteiger partial charge in [-0.3, -0.25) is 5.41 Å². The van der Waals surface area contributed by atoms with E-state index in [0.29, 0.717) is 10.7 Å². The molecule has 2 aromatic rings. The van der Waals surface area contributed by atoms with E-state index < -0.39 is 0 Å². The van der Waals surface area contributed by atoms with Crippen molar-refractivity contribution in [2.45, 2.75) is 17.7 Å². The number of benzene rings is 1. The molecule has 18 heavy (non-hydrogen) atoms. The monoisotopic (exact) mass is 258 g/mol. The molecule has 0 unspecified atom stereocenters. The summed E-state index contributed by atoms with van der Waals surface area (Å²) in [6.45, 7) is 2.08. The van der Waals surface area contributed by atoms with Gasteiger partial charge in [-0.05, 0) is 18.1 Å². The second-order valence-corrected chi connectivity index (χ2v) is 4.80. The van der Waals surface area contributed by atoms with Gasteiger partial charge >= 0.3 is 0 Å². The summed E-state index contributed by atoms with van der Waals surface area (Å²) >= 11 is 1.55. The van der Waals surface area contributed by atoms with E-state index in [1.807, 2.05) is 12.1 Å². The van der Waals surface area contributed by atoms with Crippen molar-refractivity contribution in [3.05, 3.63) is 53.5 Å². The van der Waals surface area contributed by atoms with Crippen LogP contribution in [0, 0.1) is 12.3 Å². The van der Waals surface area contributed by atoms with E-state index in [-0.39, 0.29) is 5.84 Å². The number of nitrogens with zero attached hydrogens (tertiary/aromatic N) is 2. The lowest BCUT2D eigenvalue weighted by Crippen LogP contribution is -2.15. The average molecular weight is 258 g/mol. The van der Waals surface area contributed by atoms with Gasteiger partial charge in [0.15, 0.2) is 0 Å². The first-order valence-corrected chi connectivity index (χ1v) is 6.49. The van der Waals surface area contributed by atoms with E-state index in [1.54, 1.807) is 24.2 Å². The van der Waals surface area contributed by atoms with E-state index in [9.17, 15) is 0 Å². The summed E-state index contributed by atoms with van der Waals surface area (Å²) in [7, 11) is 0. The third-order valence-corrected chi connectivity index (χ3v) is 3.57. The van der Waals surface area contributed by atoms with Crippen LogP contribution in [0.25, 0.3) is 0 Å². The summed E-state index contributed by atoms with van der Waals surface area (Å²) in [5.74, 6) is 0.751. The van der Waals surface area contributed by atoms with E-state index >= 15 is 0 Å². The molecule has 0 aliphatic heterocycles. The van der Waals surface area contributed by atoms with Gasteiger partial charge in [0.25, 0.3) is 0 Å². The lowest BCUT2D eigenvalue weighted by atomic mass is 10.1. The molecule has 0 saturated carbocycles. The first-order chi connectivity index (χ1) is 8.68. The van der Waals surface area contributed by atoms with Crippen LogP contribution in [-0.4, -0.2) is 15.8 Å². The van der Waals surface area contributed by atoms with Crippen LogP contribution in [0.5, 0.6) is 0 Å². The second kappa shape index (κ2) is 5.64. The molecule has 3 N–H and O–H groups in total. The summed E-state index contributed by atoms with van der Waals surface area (Å²) in [6.07, 6.45) is 3.17. The van der Waals surface area contributed by atoms with Gasteiger partial charge in [0, 0.05) is 18.1 Å². The highest BCUT2D eigenvalue weighted by molar-refractivity contribution is 7.98. The van der Waals surface area contributed by atoms with Gasteiger partial charge in [0.1, 0.15) is 16.6 Å². The molecule has 1 aromatic carbocycles. The number of hydrogen-bond acceptors (Lipinski definition) is 4. The Morgan fingerprint density at radius 2 is 2.00 bits per heavy atom. The molecule has 0 bridgehead atoms. The SMILES string of the molecule is Cc1ccccc1CSc1nccnc1C(=N)N. The number of nitrogens with one attached hydrogen (secondary N) is 1. The molecule has 1 heterocycles. The van der Waals surface area contributed by atoms with E-state index in [2.05, 4.69) is 29.0 Å². The fourth-order valence-electron chi connectivity index (χ4n) is 1.53. The number of rotatable bonds is 4. The zero-order valence-electron chi connectivity index (χ0n) is 10.1. The molecule has 92 valence electrons. The van der Waals surface area contributed by atoms with Gasteiger partial charge in [0.05, 0.1) is 0 Å². The number of nitrogen functional groups attached to an aromatic ring is 1. The molecular formula is C13H14N4S. The summed E-state index contributed by atoms with van der Waals surface area (Å²) in [6, 6.07) is 8.21. The summed E-state index contributed by atoms with van der Waals surface area (Å²) in [5, 5.41) is 8.17. The molecular weight excluding hydrogens is 244 g/mol. The van der Waals surface area contributed by atoms with Gasteiger partial charge in [-0.25, -0.2) is 9.97 Å². The quantitative estimate of drug-likeness (QED) is 0.501. The molecule has 0 aliphatic carbocycles. The zero-order valence-corrected chi connectivity index (χ0v) is 10.9. The smallest absolute Gasteiger partial charge is 0.144 e. The highest BCUT2D eigenvalue weighted by Gasteiger charge is 2.09. The molecule has 2 rings (SSSR count). The predicted octanol–water partition coefficient (Wildman–Crippen LogP) is 2.36. The molecule has 0 radical (unpaired) electrons. The van der Waals surface area contributed by atoms with Gasteiger partial charge in [0.2, 0.25) is 0 Å². The van der Waals surface area contributed by atoms with Crippen molar-refractivity contribution in [3.8, 4) is 0 Å². The number of aryl methyl sites for hydroxylation is 1. The van der Waals surface area contributed by atoms with Crippen molar-refractivity contribution in [1.82, 2.24) is 9.97 Å². The molecule has 5 heteroatoms. The Hall–Kier alpha value is -1.88. The fourth-order valence-corrected chi connectivity index (χ4v) is 2.58. The van der Waals surface area contributed by atoms with Crippen molar-refractivity contribution in [2.75, 3.05) is 0 Å². The van der Waals surface area contributed by atoms with Crippen LogP contribution in [-0.2, 0) is 5.75 Å². The number of aromatic nitrogens is 2. The molecule has 4 nitrogen and oxygen atoms in total. The van der Waals surface area contributed by atoms with Crippen LogP contribution < -0.4 is 5.73 Å². The Labute approximate surface area is 110 Å². The normalized spacial score (nSPS) is 10.3. The lowest BCUT2D eigenvalue weighted by molar-refractivity contribution is 1.03. The number of nitrogens with two attached hydrogens (primary N) is 1. The van der Waals surface area contributed by atoms with Crippen LogP contribution in [0.4, 0.5) is 0 Å². The fraction of sp³-hybridized carbons (Fsp3) is 0.154. The highest BCUT2D eigenvalue weighted by atomic mass is 32.2. The standard InChI is InChI=1S/C13H14N4S/c1-9-4-2-3-5-10(9)8-18-13-11(12(14)15)16-6-7-17-13/h2-7H,8H2,1H3,(H3,14,15). The molecule has 0 amide bonds. The molecule has 0 fully saturated rings. The Kier molecular flexibility index (Phi) is 3.94. The van der Waals surface area contributed by atoms with Crippen molar-refractivity contribution < 1.29 is 0 Å². The van der Waals surface area contributed by atoms with Gasteiger partial charge in [-0.1, -0.05) is 36.0 Å². The minimum atomic E-state index is -0.0459. The number of thioether (sulfide) groups is 1. The van der Waals surface area contributed by atoms with Gasteiger partial charge in [-0.15, -0.1) is 0 Å². The predicted molar refractivity (Wildman–Crippen MR) is 73.8 cm³/mol. The number of hydrogen-bond donors (Lipinski definition) is 2. The first kappa shape index (κ1) is 12.6. The molecule has 0 spiro atoms. The summed E-state index contributed by atoms with van der Waals surface area (Å²) in [4.78, 5) is 8.30. The van der Waals surface area contributed by atoms with Crippen LogP contribution in [0.3, 0.4) is 0 Å². The highest BCUT2D eigenvalue weighted by Crippen LogP contribution is 2.24. The molecule has 0 saturated heterocycles. The minimum absolute atomic E-state index is 0.0459. The van der Waals surface area contributed by atoms with Crippen LogP contribution in [0.15, 0.2) is 41.7 Å². The minimum Gasteiger partial charge on any atom is -0.382 e. The average Bonchev–Trinajstić information content (AvgIpc) is 2.38. The summed E-state index contributed by atoms with van der Waals surface area (Å²) in [5.41, 5.74) is 8.44. The van der Waals surface area contributed by atoms with Crippen molar-refractivity contribution in [2.24, 2.45) is 5.73 Å². The maximum absolute atomic E-state index is 7.46. The molecule has 0 atom stereocenters. The maximum atomic E-state index is 7.46. The Bertz CT molecular complexity index is 568. The maximum Gasteiger partial charge on any atom is 0.144 e. The Balaban J connectivity index is 2.16. The molecule has 1 aromatic heterocycles. The van der Waals surface area contributed by atoms with E-state index in [1.165, 1.54) is 11.1 Å². The lowest BCUT2D eigenvalue weighted by Gasteiger charge is -2.07. The van der Waals surface area contributed by atoms with Crippen molar-refractivity contribution in [1.29, 1.82) is 5.41 Å². The topological polar surface area (TPSA) is 75.7 Å². The largest absolute Gasteiger partial charge is 0.382 e. The van der Waals surface area contributed by atoms with Crippen LogP contribution >= 0.6 is 11.8 Å². The van der Waals surface area contributed by atoms with E-state index in [0.717, 1.165) is 5.75 Å². The van der Waals surface area contributed by atoms with Gasteiger partial charge < -0.3 is 5.73 Å². The third-order valence-electron chi connectivity index (χ3n) is 2.55. The zero-order chi connectivity index (χ0) is 13.0. The van der Waals surface area contributed by atoms with Crippen molar-refractivity contribution >= 4 is 17.6 Å². The second-order valence-electron chi connectivity index (χ2n) is 3.84. The van der Waals surface area contributed by atoms with Crippen LogP contribution in [0.2, 0.25) is 0 Å². The van der Waals surface area contributed by atoms with E-state index in [4.69, 9.17) is 11.1 Å².